The predicted octanol–water partition coefficient (Wildman–Crippen LogP) is 5.29. The third kappa shape index (κ3) is 4.85. The molecule has 228 valence electrons. The number of nitrogens with one attached hydrogen (secondary N) is 1. The molecule has 9 nitrogen and oxygen atoms in total. The van der Waals surface area contributed by atoms with E-state index in [1.54, 1.807) is 19.1 Å². The largest absolute Gasteiger partial charge is 0.481 e. The van der Waals surface area contributed by atoms with Gasteiger partial charge in [0.25, 0.3) is 0 Å². The second-order valence-corrected chi connectivity index (χ2v) is 12.1. The van der Waals surface area contributed by atoms with Crippen molar-refractivity contribution in [3.63, 3.8) is 0 Å². The Balaban J connectivity index is 1.34. The number of aliphatic carboxylic acids is 1. The van der Waals surface area contributed by atoms with Crippen LogP contribution in [0, 0.1) is 5.41 Å². The summed E-state index contributed by atoms with van der Waals surface area (Å²) in [6.07, 6.45) is 2.13. The molecule has 2 N–H and O–H groups in total. The Bertz CT molecular complexity index is 1640. The van der Waals surface area contributed by atoms with Crippen molar-refractivity contribution in [3.05, 3.63) is 107 Å². The van der Waals surface area contributed by atoms with E-state index in [2.05, 4.69) is 69.1 Å². The van der Waals surface area contributed by atoms with Crippen LogP contribution in [0.25, 0.3) is 11.0 Å². The molecule has 3 aromatic carbocycles. The maximum Gasteiger partial charge on any atom is 0.336 e. The molecule has 0 aliphatic carbocycles. The number of likely N-dealkylation sites (tertiary alicyclic amines) is 1. The number of hydrogen-bond donors (Lipinski definition) is 2. The number of piperidine rings is 1. The molecule has 9 heteroatoms. The molecular weight excluding hydrogens is 556 g/mol. The second kappa shape index (κ2) is 11.9. The zero-order valence-corrected chi connectivity index (χ0v) is 25.3. The van der Waals surface area contributed by atoms with E-state index in [4.69, 9.17) is 9.37 Å². The number of fused-ring (bicyclic) bond motifs is 1. The maximum absolute atomic E-state index is 13.6. The highest BCUT2D eigenvalue weighted by atomic mass is 16.6. The van der Waals surface area contributed by atoms with E-state index in [-0.39, 0.29) is 11.0 Å². The number of aromatic nitrogens is 2. The van der Waals surface area contributed by atoms with E-state index in [0.717, 1.165) is 25.9 Å². The minimum Gasteiger partial charge on any atom is -0.481 e. The predicted molar refractivity (Wildman–Crippen MR) is 166 cm³/mol. The Morgan fingerprint density at radius 2 is 1.61 bits per heavy atom. The van der Waals surface area contributed by atoms with Crippen molar-refractivity contribution in [1.82, 2.24) is 20.5 Å². The van der Waals surface area contributed by atoms with E-state index in [9.17, 15) is 14.7 Å². The fraction of sp³-hybridized carbons (Fsp3) is 0.371. The first-order chi connectivity index (χ1) is 21.3. The van der Waals surface area contributed by atoms with Gasteiger partial charge in [-0.1, -0.05) is 72.8 Å². The van der Waals surface area contributed by atoms with E-state index in [1.807, 2.05) is 25.1 Å². The van der Waals surface area contributed by atoms with Crippen LogP contribution in [0.15, 0.2) is 94.8 Å². The Kier molecular flexibility index (Phi) is 7.98. The van der Waals surface area contributed by atoms with Gasteiger partial charge < -0.3 is 20.1 Å². The number of allylic oxidation sites excluding steroid dienone is 1. The SMILES string of the molecule is COC(=O)C1=C(C)NC(C)C(CCN2CCC(c3ccccc3)(c3ccccc3)CC2)(C(=O)O)C1c1cccc2nonc12. The number of esters is 1. The van der Waals surface area contributed by atoms with Gasteiger partial charge in [-0.2, -0.15) is 0 Å². The monoisotopic (exact) mass is 594 g/mol. The van der Waals surface area contributed by atoms with Crippen LogP contribution < -0.4 is 5.32 Å². The first-order valence-corrected chi connectivity index (χ1v) is 15.2. The smallest absolute Gasteiger partial charge is 0.336 e. The lowest BCUT2D eigenvalue weighted by Gasteiger charge is -2.48. The molecule has 0 radical (unpaired) electrons. The first-order valence-electron chi connectivity index (χ1n) is 15.2. The fourth-order valence-corrected chi connectivity index (χ4v) is 7.67. The van der Waals surface area contributed by atoms with Crippen molar-refractivity contribution in [3.8, 4) is 0 Å². The van der Waals surface area contributed by atoms with E-state index >= 15 is 0 Å². The van der Waals surface area contributed by atoms with Crippen molar-refractivity contribution in [2.24, 2.45) is 5.41 Å². The zero-order valence-electron chi connectivity index (χ0n) is 25.3. The van der Waals surface area contributed by atoms with Crippen molar-refractivity contribution in [2.45, 2.75) is 50.5 Å². The Labute approximate surface area is 256 Å². The number of hydrogen-bond acceptors (Lipinski definition) is 8. The molecular formula is C35H38N4O5. The average molecular weight is 595 g/mol. The van der Waals surface area contributed by atoms with Gasteiger partial charge in [0.15, 0.2) is 0 Å². The summed E-state index contributed by atoms with van der Waals surface area (Å²) in [5, 5.41) is 22.5. The number of nitrogens with zero attached hydrogens (tertiary/aromatic N) is 3. The molecule has 1 aromatic heterocycles. The number of ether oxygens (including phenoxy) is 1. The normalized spacial score (nSPS) is 23.7. The molecule has 0 bridgehead atoms. The molecule has 6 rings (SSSR count). The lowest BCUT2D eigenvalue weighted by atomic mass is 9.60. The van der Waals surface area contributed by atoms with Crippen LogP contribution in [-0.2, 0) is 19.7 Å². The van der Waals surface area contributed by atoms with Crippen LogP contribution in [0.1, 0.15) is 55.7 Å². The molecule has 44 heavy (non-hydrogen) atoms. The number of carboxylic acids is 1. The minimum absolute atomic E-state index is 0.112. The van der Waals surface area contributed by atoms with Gasteiger partial charge in [-0.15, -0.1) is 0 Å². The van der Waals surface area contributed by atoms with Gasteiger partial charge in [0.2, 0.25) is 0 Å². The molecule has 3 unspecified atom stereocenters. The van der Waals surface area contributed by atoms with Crippen LogP contribution in [0.5, 0.6) is 0 Å². The van der Waals surface area contributed by atoms with Gasteiger partial charge in [-0.3, -0.25) is 4.79 Å². The standard InChI is InChI=1S/C35H38N4O5/c1-23-29(32(40)43-3)30(27-15-10-16-28-31(27)38-44-37-28)35(33(41)42,24(2)36-23)19-22-39-20-17-34(18-21-39,25-11-6-4-7-12-25)26-13-8-5-9-14-26/h4-16,24,30,36H,17-22H2,1-3H3,(H,41,42). The summed E-state index contributed by atoms with van der Waals surface area (Å²) in [5.74, 6) is -2.39. The van der Waals surface area contributed by atoms with Gasteiger partial charge in [-0.05, 0) is 85.8 Å². The highest BCUT2D eigenvalue weighted by Gasteiger charge is 2.57. The second-order valence-electron chi connectivity index (χ2n) is 12.1. The lowest BCUT2D eigenvalue weighted by Crippen LogP contribution is -2.58. The summed E-state index contributed by atoms with van der Waals surface area (Å²) in [7, 11) is 1.32. The molecule has 1 fully saturated rings. The van der Waals surface area contributed by atoms with Gasteiger partial charge >= 0.3 is 11.9 Å². The van der Waals surface area contributed by atoms with Crippen LogP contribution in [0.4, 0.5) is 0 Å². The third-order valence-corrected chi connectivity index (χ3v) is 10.0. The van der Waals surface area contributed by atoms with E-state index < -0.39 is 29.3 Å². The molecule has 3 heterocycles. The highest BCUT2D eigenvalue weighted by molar-refractivity contribution is 5.96. The molecule has 1 saturated heterocycles. The summed E-state index contributed by atoms with van der Waals surface area (Å²) in [4.78, 5) is 29.2. The molecule has 4 aromatic rings. The fourth-order valence-electron chi connectivity index (χ4n) is 7.67. The van der Waals surface area contributed by atoms with E-state index in [1.165, 1.54) is 18.2 Å². The lowest BCUT2D eigenvalue weighted by molar-refractivity contribution is -0.154. The average Bonchev–Trinajstić information content (AvgIpc) is 3.54. The molecule has 0 saturated carbocycles. The Hall–Kier alpha value is -4.50. The summed E-state index contributed by atoms with van der Waals surface area (Å²) < 4.78 is 10.3. The minimum atomic E-state index is -1.39. The van der Waals surface area contributed by atoms with Crippen molar-refractivity contribution < 1.29 is 24.1 Å². The van der Waals surface area contributed by atoms with Crippen molar-refractivity contribution >= 4 is 23.0 Å². The number of rotatable bonds is 8. The molecule has 2 aliphatic rings. The topological polar surface area (TPSA) is 118 Å². The van der Waals surface area contributed by atoms with Crippen LogP contribution >= 0.6 is 0 Å². The third-order valence-electron chi connectivity index (χ3n) is 10.0. The number of carbonyl (C=O) groups is 2. The maximum atomic E-state index is 13.6. The van der Waals surface area contributed by atoms with Crippen molar-refractivity contribution in [2.75, 3.05) is 26.7 Å². The van der Waals surface area contributed by atoms with Gasteiger partial charge in [0, 0.05) is 23.1 Å². The summed E-state index contributed by atoms with van der Waals surface area (Å²) in [5.41, 5.74) is 3.52. The van der Waals surface area contributed by atoms with Crippen LogP contribution in [0.3, 0.4) is 0 Å². The number of methoxy groups -OCH3 is 1. The molecule has 2 aliphatic heterocycles. The van der Waals surface area contributed by atoms with Crippen LogP contribution in [-0.4, -0.2) is 65.0 Å². The Morgan fingerprint density at radius 3 is 2.20 bits per heavy atom. The number of carbonyl (C=O) groups excluding carboxylic acids is 1. The highest BCUT2D eigenvalue weighted by Crippen LogP contribution is 2.52. The summed E-state index contributed by atoms with van der Waals surface area (Å²) >= 11 is 0. The van der Waals surface area contributed by atoms with E-state index in [0.29, 0.717) is 35.3 Å². The molecule has 0 spiro atoms. The zero-order chi connectivity index (χ0) is 30.9. The first kappa shape index (κ1) is 29.6. The van der Waals surface area contributed by atoms with Gasteiger partial charge in [-0.25, -0.2) is 9.42 Å². The number of carboxylic acid groups (broad SMARTS) is 1. The molecule has 0 amide bonds. The number of benzene rings is 3. The molecule has 3 atom stereocenters. The van der Waals surface area contributed by atoms with Crippen molar-refractivity contribution in [1.29, 1.82) is 0 Å². The van der Waals surface area contributed by atoms with Gasteiger partial charge in [0.1, 0.15) is 16.4 Å². The Morgan fingerprint density at radius 1 is 0.977 bits per heavy atom. The van der Waals surface area contributed by atoms with Crippen LogP contribution in [0.2, 0.25) is 0 Å². The summed E-state index contributed by atoms with van der Waals surface area (Å²) in [6.45, 7) is 5.85. The van der Waals surface area contributed by atoms with Gasteiger partial charge in [0.05, 0.1) is 12.7 Å². The summed E-state index contributed by atoms with van der Waals surface area (Å²) in [6, 6.07) is 26.2. The quantitative estimate of drug-likeness (QED) is 0.263.